The Morgan fingerprint density at radius 3 is 2.93 bits per heavy atom. The number of rotatable bonds is 5. The lowest BCUT2D eigenvalue weighted by molar-refractivity contribution is 0.277. The molecular weight excluding hydrogens is 192 g/mol. The Kier molecular flexibility index (Phi) is 5.90. The first-order valence-electron chi connectivity index (χ1n) is 5.79. The standard InChI is InChI=1S/C11H24N2S/c1-4-11-9-13(7-8-14-11)6-5-12-10(2)3/h10-12H,4-9H2,1-3H3. The average molecular weight is 216 g/mol. The topological polar surface area (TPSA) is 15.3 Å². The molecule has 1 atom stereocenters. The lowest BCUT2D eigenvalue weighted by Gasteiger charge is -2.32. The molecule has 1 aliphatic heterocycles. The van der Waals surface area contributed by atoms with Gasteiger partial charge in [-0.25, -0.2) is 0 Å². The second-order valence-corrected chi connectivity index (χ2v) is 5.72. The van der Waals surface area contributed by atoms with Gasteiger partial charge in [0, 0.05) is 43.2 Å². The minimum Gasteiger partial charge on any atom is -0.313 e. The molecular formula is C11H24N2S. The summed E-state index contributed by atoms with van der Waals surface area (Å²) in [7, 11) is 0. The molecule has 0 bridgehead atoms. The summed E-state index contributed by atoms with van der Waals surface area (Å²) in [5.74, 6) is 1.32. The second kappa shape index (κ2) is 6.70. The van der Waals surface area contributed by atoms with Crippen molar-refractivity contribution in [3.63, 3.8) is 0 Å². The Labute approximate surface area is 92.8 Å². The van der Waals surface area contributed by atoms with E-state index in [0.29, 0.717) is 6.04 Å². The Morgan fingerprint density at radius 2 is 2.29 bits per heavy atom. The maximum Gasteiger partial charge on any atom is 0.0172 e. The second-order valence-electron chi connectivity index (χ2n) is 4.31. The highest BCUT2D eigenvalue weighted by Gasteiger charge is 2.17. The molecule has 0 amide bonds. The van der Waals surface area contributed by atoms with E-state index in [1.807, 2.05) is 0 Å². The molecule has 0 aromatic rings. The van der Waals surface area contributed by atoms with Crippen LogP contribution in [0.5, 0.6) is 0 Å². The van der Waals surface area contributed by atoms with Gasteiger partial charge in [0.15, 0.2) is 0 Å². The third-order valence-electron chi connectivity index (χ3n) is 2.66. The summed E-state index contributed by atoms with van der Waals surface area (Å²) >= 11 is 2.14. The highest BCUT2D eigenvalue weighted by Crippen LogP contribution is 2.20. The Bertz CT molecular complexity index is 150. The van der Waals surface area contributed by atoms with Crippen LogP contribution in [-0.2, 0) is 0 Å². The van der Waals surface area contributed by atoms with Crippen molar-refractivity contribution >= 4 is 11.8 Å². The largest absolute Gasteiger partial charge is 0.313 e. The van der Waals surface area contributed by atoms with Crippen LogP contribution >= 0.6 is 11.8 Å². The predicted molar refractivity (Wildman–Crippen MR) is 66.1 cm³/mol. The first-order valence-corrected chi connectivity index (χ1v) is 6.84. The van der Waals surface area contributed by atoms with Crippen molar-refractivity contribution < 1.29 is 0 Å². The predicted octanol–water partition coefficient (Wildman–Crippen LogP) is 1.81. The molecule has 14 heavy (non-hydrogen) atoms. The molecule has 1 fully saturated rings. The molecule has 1 heterocycles. The van der Waals surface area contributed by atoms with Gasteiger partial charge in [0.05, 0.1) is 0 Å². The van der Waals surface area contributed by atoms with Crippen molar-refractivity contribution in [1.82, 2.24) is 10.2 Å². The van der Waals surface area contributed by atoms with Crippen LogP contribution in [-0.4, -0.2) is 48.1 Å². The fourth-order valence-electron chi connectivity index (χ4n) is 1.74. The van der Waals surface area contributed by atoms with Gasteiger partial charge in [0.1, 0.15) is 0 Å². The van der Waals surface area contributed by atoms with Crippen LogP contribution in [0.2, 0.25) is 0 Å². The van der Waals surface area contributed by atoms with Crippen molar-refractivity contribution in [2.75, 3.05) is 31.9 Å². The number of hydrogen-bond acceptors (Lipinski definition) is 3. The summed E-state index contributed by atoms with van der Waals surface area (Å²) < 4.78 is 0. The smallest absolute Gasteiger partial charge is 0.0172 e. The summed E-state index contributed by atoms with van der Waals surface area (Å²) in [4.78, 5) is 2.60. The van der Waals surface area contributed by atoms with E-state index in [2.05, 4.69) is 42.7 Å². The molecule has 1 rings (SSSR count). The molecule has 0 spiro atoms. The Balaban J connectivity index is 2.11. The molecule has 0 aromatic heterocycles. The fraction of sp³-hybridized carbons (Fsp3) is 1.00. The Hall–Kier alpha value is 0.270. The van der Waals surface area contributed by atoms with Gasteiger partial charge in [0.2, 0.25) is 0 Å². The highest BCUT2D eigenvalue weighted by atomic mass is 32.2. The third kappa shape index (κ3) is 4.67. The van der Waals surface area contributed by atoms with E-state index in [0.717, 1.165) is 11.8 Å². The zero-order valence-electron chi connectivity index (χ0n) is 9.75. The summed E-state index contributed by atoms with van der Waals surface area (Å²) in [5.41, 5.74) is 0. The lowest BCUT2D eigenvalue weighted by Crippen LogP contribution is -2.42. The van der Waals surface area contributed by atoms with Crippen LogP contribution < -0.4 is 5.32 Å². The van der Waals surface area contributed by atoms with Gasteiger partial charge in [-0.15, -0.1) is 0 Å². The summed E-state index contributed by atoms with van der Waals surface area (Å²) in [6, 6.07) is 0.621. The molecule has 1 aliphatic rings. The molecule has 2 nitrogen and oxygen atoms in total. The van der Waals surface area contributed by atoms with Crippen LogP contribution in [0.4, 0.5) is 0 Å². The molecule has 0 aliphatic carbocycles. The van der Waals surface area contributed by atoms with Crippen molar-refractivity contribution in [2.45, 2.75) is 38.5 Å². The lowest BCUT2D eigenvalue weighted by atomic mass is 10.3. The van der Waals surface area contributed by atoms with Gasteiger partial charge in [-0.2, -0.15) is 11.8 Å². The van der Waals surface area contributed by atoms with Gasteiger partial charge in [-0.1, -0.05) is 20.8 Å². The zero-order valence-corrected chi connectivity index (χ0v) is 10.6. The Morgan fingerprint density at radius 1 is 1.50 bits per heavy atom. The van der Waals surface area contributed by atoms with Gasteiger partial charge in [-0.05, 0) is 6.42 Å². The van der Waals surface area contributed by atoms with E-state index < -0.39 is 0 Å². The van der Waals surface area contributed by atoms with E-state index in [1.165, 1.54) is 31.8 Å². The normalized spacial score (nSPS) is 24.4. The summed E-state index contributed by atoms with van der Waals surface area (Å²) in [6.07, 6.45) is 1.32. The fourth-order valence-corrected chi connectivity index (χ4v) is 2.99. The van der Waals surface area contributed by atoms with Crippen LogP contribution in [0.3, 0.4) is 0 Å². The first kappa shape index (κ1) is 12.3. The molecule has 3 heteroatoms. The molecule has 84 valence electrons. The van der Waals surface area contributed by atoms with E-state index in [9.17, 15) is 0 Å². The molecule has 0 aromatic carbocycles. The van der Waals surface area contributed by atoms with Crippen LogP contribution in [0.1, 0.15) is 27.2 Å². The monoisotopic (exact) mass is 216 g/mol. The number of thioether (sulfide) groups is 1. The van der Waals surface area contributed by atoms with E-state index in [-0.39, 0.29) is 0 Å². The van der Waals surface area contributed by atoms with Crippen molar-refractivity contribution in [2.24, 2.45) is 0 Å². The zero-order chi connectivity index (χ0) is 10.4. The molecule has 1 N–H and O–H groups in total. The average Bonchev–Trinajstić information content (AvgIpc) is 2.18. The number of hydrogen-bond donors (Lipinski definition) is 1. The van der Waals surface area contributed by atoms with Crippen LogP contribution in [0.25, 0.3) is 0 Å². The van der Waals surface area contributed by atoms with Gasteiger partial charge >= 0.3 is 0 Å². The quantitative estimate of drug-likeness (QED) is 0.754. The van der Waals surface area contributed by atoms with E-state index >= 15 is 0 Å². The van der Waals surface area contributed by atoms with Gasteiger partial charge in [0.25, 0.3) is 0 Å². The maximum atomic E-state index is 3.48. The maximum absolute atomic E-state index is 3.48. The van der Waals surface area contributed by atoms with Crippen molar-refractivity contribution in [3.05, 3.63) is 0 Å². The molecule has 0 saturated carbocycles. The van der Waals surface area contributed by atoms with Crippen molar-refractivity contribution in [3.8, 4) is 0 Å². The third-order valence-corrected chi connectivity index (χ3v) is 4.03. The number of nitrogens with one attached hydrogen (secondary N) is 1. The summed E-state index contributed by atoms with van der Waals surface area (Å²) in [6.45, 7) is 11.6. The first-order chi connectivity index (χ1) is 6.72. The highest BCUT2D eigenvalue weighted by molar-refractivity contribution is 8.00. The summed E-state index contributed by atoms with van der Waals surface area (Å²) in [5, 5.41) is 4.35. The van der Waals surface area contributed by atoms with Crippen molar-refractivity contribution in [1.29, 1.82) is 0 Å². The van der Waals surface area contributed by atoms with Gasteiger partial charge in [-0.3, -0.25) is 0 Å². The minimum absolute atomic E-state index is 0.621. The minimum atomic E-state index is 0.621. The van der Waals surface area contributed by atoms with E-state index in [4.69, 9.17) is 0 Å². The van der Waals surface area contributed by atoms with E-state index in [1.54, 1.807) is 0 Å². The molecule has 0 radical (unpaired) electrons. The van der Waals surface area contributed by atoms with Crippen LogP contribution in [0.15, 0.2) is 0 Å². The molecule has 1 saturated heterocycles. The van der Waals surface area contributed by atoms with Crippen LogP contribution in [0, 0.1) is 0 Å². The molecule has 1 unspecified atom stereocenters. The SMILES string of the molecule is CCC1CN(CCNC(C)C)CCS1. The van der Waals surface area contributed by atoms with Gasteiger partial charge < -0.3 is 10.2 Å². The number of nitrogens with zero attached hydrogens (tertiary/aromatic N) is 1.